The molecular weight excluding hydrogens is 400 g/mol. The van der Waals surface area contributed by atoms with Gasteiger partial charge in [0, 0.05) is 5.70 Å². The molecule has 0 spiro atoms. The van der Waals surface area contributed by atoms with Crippen molar-refractivity contribution in [2.45, 2.75) is 26.5 Å². The summed E-state index contributed by atoms with van der Waals surface area (Å²) in [6.45, 7) is 3.95. The van der Waals surface area contributed by atoms with E-state index in [9.17, 15) is 14.4 Å². The summed E-state index contributed by atoms with van der Waals surface area (Å²) in [5, 5.41) is 5.37. The van der Waals surface area contributed by atoms with Gasteiger partial charge in [0.1, 0.15) is 12.4 Å². The second-order valence-corrected chi connectivity index (χ2v) is 6.84. The maximum Gasteiger partial charge on any atom is 0.338 e. The van der Waals surface area contributed by atoms with Crippen LogP contribution in [0.3, 0.4) is 0 Å². The number of carbonyl (C=O) groups is 3. The van der Waals surface area contributed by atoms with Gasteiger partial charge in [-0.15, -0.1) is 0 Å². The van der Waals surface area contributed by atoms with Crippen LogP contribution in [0.4, 0.5) is 4.79 Å². The van der Waals surface area contributed by atoms with Gasteiger partial charge in [-0.2, -0.15) is 0 Å². The molecule has 1 atom stereocenters. The van der Waals surface area contributed by atoms with Gasteiger partial charge in [0.25, 0.3) is 0 Å². The van der Waals surface area contributed by atoms with E-state index < -0.39 is 12.0 Å². The van der Waals surface area contributed by atoms with Crippen LogP contribution in [0.15, 0.2) is 59.8 Å². The second kappa shape index (κ2) is 9.80. The van der Waals surface area contributed by atoms with Crippen molar-refractivity contribution in [3.63, 3.8) is 0 Å². The van der Waals surface area contributed by atoms with Gasteiger partial charge in [-0.1, -0.05) is 24.3 Å². The number of urea groups is 1. The summed E-state index contributed by atoms with van der Waals surface area (Å²) in [4.78, 5) is 35.8. The number of nitrogens with one attached hydrogen (secondary N) is 2. The zero-order chi connectivity index (χ0) is 22.4. The number of amides is 2. The van der Waals surface area contributed by atoms with Gasteiger partial charge in [-0.05, 0) is 49.2 Å². The number of benzene rings is 2. The summed E-state index contributed by atoms with van der Waals surface area (Å²) in [7, 11) is 1.34. The predicted molar refractivity (Wildman–Crippen MR) is 112 cm³/mol. The highest BCUT2D eigenvalue weighted by molar-refractivity contribution is 5.95. The average Bonchev–Trinajstić information content (AvgIpc) is 2.77. The number of hydrogen-bond donors (Lipinski definition) is 2. The SMILES string of the molecule is CCOC(=O)C1=C(C)NC(=O)N[C@H]1c1ccc(OCc2ccc(C(=O)OC)cc2)cc1. The van der Waals surface area contributed by atoms with Crippen molar-refractivity contribution in [2.24, 2.45) is 0 Å². The van der Waals surface area contributed by atoms with Crippen molar-refractivity contribution in [1.29, 1.82) is 0 Å². The first kappa shape index (κ1) is 21.9. The lowest BCUT2D eigenvalue weighted by Crippen LogP contribution is -2.45. The molecule has 0 saturated carbocycles. The molecule has 3 rings (SSSR count). The number of carbonyl (C=O) groups excluding carboxylic acids is 3. The number of hydrogen-bond acceptors (Lipinski definition) is 6. The van der Waals surface area contributed by atoms with Crippen LogP contribution in [0.25, 0.3) is 0 Å². The molecule has 2 aromatic rings. The quantitative estimate of drug-likeness (QED) is 0.662. The molecule has 0 bridgehead atoms. The summed E-state index contributed by atoms with van der Waals surface area (Å²) >= 11 is 0. The first-order valence-electron chi connectivity index (χ1n) is 9.78. The minimum Gasteiger partial charge on any atom is -0.489 e. The van der Waals surface area contributed by atoms with Crippen molar-refractivity contribution < 1.29 is 28.6 Å². The van der Waals surface area contributed by atoms with E-state index in [0.29, 0.717) is 29.2 Å². The van der Waals surface area contributed by atoms with Gasteiger partial charge >= 0.3 is 18.0 Å². The van der Waals surface area contributed by atoms with Crippen LogP contribution < -0.4 is 15.4 Å². The van der Waals surface area contributed by atoms with E-state index in [1.807, 2.05) is 0 Å². The van der Waals surface area contributed by atoms with Gasteiger partial charge in [-0.25, -0.2) is 14.4 Å². The molecule has 0 unspecified atom stereocenters. The fourth-order valence-electron chi connectivity index (χ4n) is 3.20. The highest BCUT2D eigenvalue weighted by atomic mass is 16.5. The van der Waals surface area contributed by atoms with Crippen molar-refractivity contribution in [3.05, 3.63) is 76.5 Å². The van der Waals surface area contributed by atoms with E-state index in [0.717, 1.165) is 11.1 Å². The fraction of sp³-hybridized carbons (Fsp3) is 0.261. The lowest BCUT2D eigenvalue weighted by atomic mass is 9.95. The highest BCUT2D eigenvalue weighted by Gasteiger charge is 2.32. The Hall–Kier alpha value is -3.81. The van der Waals surface area contributed by atoms with Crippen LogP contribution in [0.2, 0.25) is 0 Å². The lowest BCUT2D eigenvalue weighted by Gasteiger charge is -2.28. The van der Waals surface area contributed by atoms with Crippen LogP contribution in [-0.4, -0.2) is 31.7 Å². The van der Waals surface area contributed by atoms with E-state index >= 15 is 0 Å². The van der Waals surface area contributed by atoms with E-state index in [1.165, 1.54) is 7.11 Å². The molecule has 1 aliphatic rings. The Kier molecular flexibility index (Phi) is 6.92. The predicted octanol–water partition coefficient (Wildman–Crippen LogP) is 3.24. The van der Waals surface area contributed by atoms with E-state index in [1.54, 1.807) is 62.4 Å². The van der Waals surface area contributed by atoms with Gasteiger partial charge < -0.3 is 24.8 Å². The maximum absolute atomic E-state index is 12.4. The second-order valence-electron chi connectivity index (χ2n) is 6.84. The molecule has 0 aliphatic carbocycles. The minimum atomic E-state index is -0.618. The number of methoxy groups -OCH3 is 1. The van der Waals surface area contributed by atoms with Gasteiger partial charge in [-0.3, -0.25) is 0 Å². The monoisotopic (exact) mass is 424 g/mol. The van der Waals surface area contributed by atoms with Crippen LogP contribution in [0, 0.1) is 0 Å². The third kappa shape index (κ3) is 5.22. The Bertz CT molecular complexity index is 996. The Morgan fingerprint density at radius 2 is 1.68 bits per heavy atom. The summed E-state index contributed by atoms with van der Waals surface area (Å²) in [5.41, 5.74) is 2.92. The Balaban J connectivity index is 1.70. The summed E-state index contributed by atoms with van der Waals surface area (Å²) < 4.78 is 15.6. The van der Waals surface area contributed by atoms with E-state index in [-0.39, 0.29) is 18.6 Å². The first-order valence-corrected chi connectivity index (χ1v) is 9.78. The van der Waals surface area contributed by atoms with E-state index in [2.05, 4.69) is 15.4 Å². The van der Waals surface area contributed by atoms with Gasteiger partial charge in [0.2, 0.25) is 0 Å². The topological polar surface area (TPSA) is 103 Å². The van der Waals surface area contributed by atoms with Crippen molar-refractivity contribution in [1.82, 2.24) is 10.6 Å². The molecule has 1 heterocycles. The minimum absolute atomic E-state index is 0.240. The van der Waals surface area contributed by atoms with E-state index in [4.69, 9.17) is 9.47 Å². The molecule has 0 saturated heterocycles. The third-order valence-corrected chi connectivity index (χ3v) is 4.76. The normalized spacial score (nSPS) is 15.6. The molecule has 8 nitrogen and oxygen atoms in total. The molecule has 0 aromatic heterocycles. The average molecular weight is 424 g/mol. The van der Waals surface area contributed by atoms with Crippen LogP contribution in [-0.2, 0) is 20.9 Å². The Morgan fingerprint density at radius 1 is 1.00 bits per heavy atom. The largest absolute Gasteiger partial charge is 0.489 e. The molecule has 2 N–H and O–H groups in total. The maximum atomic E-state index is 12.4. The zero-order valence-corrected chi connectivity index (χ0v) is 17.6. The number of esters is 2. The smallest absolute Gasteiger partial charge is 0.338 e. The summed E-state index contributed by atoms with van der Waals surface area (Å²) in [5.74, 6) is -0.243. The Labute approximate surface area is 180 Å². The third-order valence-electron chi connectivity index (χ3n) is 4.76. The molecule has 31 heavy (non-hydrogen) atoms. The zero-order valence-electron chi connectivity index (χ0n) is 17.6. The lowest BCUT2D eigenvalue weighted by molar-refractivity contribution is -0.139. The number of allylic oxidation sites excluding steroid dienone is 1. The standard InChI is InChI=1S/C23H24N2O6/c1-4-30-22(27)19-14(2)24-23(28)25-20(19)16-9-11-18(12-10-16)31-13-15-5-7-17(8-6-15)21(26)29-3/h5-12,20H,4,13H2,1-3H3,(H2,24,25,28)/t20-/m0/s1. The molecule has 8 heteroatoms. The molecule has 2 amide bonds. The summed E-state index contributed by atoms with van der Waals surface area (Å²) in [6.07, 6.45) is 0. The number of ether oxygens (including phenoxy) is 3. The molecular formula is C23H24N2O6. The molecule has 0 fully saturated rings. The molecule has 0 radical (unpaired) electrons. The van der Waals surface area contributed by atoms with Crippen LogP contribution in [0.5, 0.6) is 5.75 Å². The van der Waals surface area contributed by atoms with Crippen LogP contribution in [0.1, 0.15) is 41.4 Å². The molecule has 162 valence electrons. The molecule has 1 aliphatic heterocycles. The first-order chi connectivity index (χ1) is 14.9. The van der Waals surface area contributed by atoms with Crippen molar-refractivity contribution >= 4 is 18.0 Å². The highest BCUT2D eigenvalue weighted by Crippen LogP contribution is 2.29. The van der Waals surface area contributed by atoms with Crippen molar-refractivity contribution in [3.8, 4) is 5.75 Å². The van der Waals surface area contributed by atoms with Gasteiger partial charge in [0.05, 0.1) is 30.9 Å². The van der Waals surface area contributed by atoms with Crippen molar-refractivity contribution in [2.75, 3.05) is 13.7 Å². The molecule has 2 aromatic carbocycles. The van der Waals surface area contributed by atoms with Crippen LogP contribution >= 0.6 is 0 Å². The number of rotatable bonds is 7. The fourth-order valence-corrected chi connectivity index (χ4v) is 3.20. The van der Waals surface area contributed by atoms with Gasteiger partial charge in [0.15, 0.2) is 0 Å². The summed E-state index contributed by atoms with van der Waals surface area (Å²) in [6, 6.07) is 13.1. The Morgan fingerprint density at radius 3 is 2.29 bits per heavy atom.